The van der Waals surface area contributed by atoms with Gasteiger partial charge in [0, 0.05) is 24.9 Å². The van der Waals surface area contributed by atoms with Crippen molar-refractivity contribution in [3.8, 4) is 23.1 Å². The van der Waals surface area contributed by atoms with Crippen molar-refractivity contribution in [3.05, 3.63) is 90.2 Å². The van der Waals surface area contributed by atoms with Gasteiger partial charge in [-0.05, 0) is 54.1 Å². The van der Waals surface area contributed by atoms with Gasteiger partial charge in [0.2, 0.25) is 0 Å². The van der Waals surface area contributed by atoms with Crippen LogP contribution < -0.4 is 10.1 Å². The van der Waals surface area contributed by atoms with Gasteiger partial charge >= 0.3 is 6.01 Å². The first kappa shape index (κ1) is 25.3. The first-order chi connectivity index (χ1) is 17.6. The summed E-state index contributed by atoms with van der Waals surface area (Å²) in [6.07, 6.45) is -0.652. The van der Waals surface area contributed by atoms with E-state index in [1.165, 1.54) is 12.1 Å². The maximum Gasteiger partial charge on any atom is 0.336 e. The zero-order valence-electron chi connectivity index (χ0n) is 20.0. The highest BCUT2D eigenvalue weighted by Crippen LogP contribution is 2.24. The predicted molar refractivity (Wildman–Crippen MR) is 135 cm³/mol. The van der Waals surface area contributed by atoms with E-state index in [1.807, 2.05) is 54.6 Å². The van der Waals surface area contributed by atoms with E-state index in [0.29, 0.717) is 37.8 Å². The highest BCUT2D eigenvalue weighted by Gasteiger charge is 2.15. The third kappa shape index (κ3) is 7.11. The van der Waals surface area contributed by atoms with Crippen LogP contribution in [0.3, 0.4) is 0 Å². The molecule has 0 radical (unpaired) electrons. The van der Waals surface area contributed by atoms with E-state index in [9.17, 15) is 9.50 Å². The number of halogens is 1. The van der Waals surface area contributed by atoms with Crippen molar-refractivity contribution in [1.29, 1.82) is 0 Å². The summed E-state index contributed by atoms with van der Waals surface area (Å²) in [7, 11) is 1.59. The molecule has 1 atom stereocenters. The molecule has 0 bridgehead atoms. The van der Waals surface area contributed by atoms with Gasteiger partial charge < -0.3 is 24.6 Å². The molecule has 1 heterocycles. The van der Waals surface area contributed by atoms with Crippen LogP contribution in [0, 0.1) is 5.82 Å². The molecule has 0 aliphatic rings. The Kier molecular flexibility index (Phi) is 8.98. The topological polar surface area (TPSA) is 90.7 Å². The molecule has 188 valence electrons. The average molecular weight is 493 g/mol. The van der Waals surface area contributed by atoms with Crippen molar-refractivity contribution < 1.29 is 23.7 Å². The molecular formula is C27H29FN4O4. The molecule has 0 saturated heterocycles. The number of methoxy groups -OCH3 is 1. The molecule has 36 heavy (non-hydrogen) atoms. The van der Waals surface area contributed by atoms with E-state index in [4.69, 9.17) is 14.2 Å². The third-order valence-corrected chi connectivity index (χ3v) is 5.28. The summed E-state index contributed by atoms with van der Waals surface area (Å²) in [5.41, 5.74) is 3.35. The molecule has 8 nitrogen and oxygen atoms in total. The maximum absolute atomic E-state index is 13.4. The van der Waals surface area contributed by atoms with Gasteiger partial charge in [-0.3, -0.25) is 0 Å². The van der Waals surface area contributed by atoms with Gasteiger partial charge in [0.1, 0.15) is 12.4 Å². The fourth-order valence-corrected chi connectivity index (χ4v) is 3.44. The fraction of sp³-hybridized carbons (Fsp3) is 0.259. The molecule has 0 aliphatic carbocycles. The number of aliphatic hydroxyl groups excluding tert-OH is 1. The van der Waals surface area contributed by atoms with Crippen molar-refractivity contribution in [2.75, 3.05) is 38.8 Å². The van der Waals surface area contributed by atoms with Gasteiger partial charge in [0.25, 0.3) is 0 Å². The van der Waals surface area contributed by atoms with E-state index in [0.717, 1.165) is 16.9 Å². The molecular weight excluding hydrogens is 463 g/mol. The molecule has 3 aromatic carbocycles. The minimum Gasteiger partial charge on any atom is -0.460 e. The Morgan fingerprint density at radius 3 is 2.44 bits per heavy atom. The van der Waals surface area contributed by atoms with Crippen LogP contribution in [0.25, 0.3) is 17.1 Å². The second kappa shape index (κ2) is 12.8. The summed E-state index contributed by atoms with van der Waals surface area (Å²) < 4.78 is 31.3. The van der Waals surface area contributed by atoms with Gasteiger partial charge in [0.15, 0.2) is 5.82 Å². The van der Waals surface area contributed by atoms with E-state index in [1.54, 1.807) is 23.9 Å². The maximum atomic E-state index is 13.4. The van der Waals surface area contributed by atoms with Crippen LogP contribution in [0.4, 0.5) is 10.1 Å². The minimum absolute atomic E-state index is 0.201. The van der Waals surface area contributed by atoms with Crippen molar-refractivity contribution >= 4 is 5.69 Å². The Morgan fingerprint density at radius 2 is 1.72 bits per heavy atom. The molecule has 4 rings (SSSR count). The number of rotatable bonds is 13. The molecule has 0 fully saturated rings. The number of anilines is 1. The first-order valence-corrected chi connectivity index (χ1v) is 11.6. The zero-order valence-corrected chi connectivity index (χ0v) is 20.0. The summed E-state index contributed by atoms with van der Waals surface area (Å²) in [4.78, 5) is 4.48. The first-order valence-electron chi connectivity index (χ1n) is 11.6. The monoisotopic (exact) mass is 492 g/mol. The third-order valence-electron chi connectivity index (χ3n) is 5.28. The largest absolute Gasteiger partial charge is 0.460 e. The Hall–Kier alpha value is -3.79. The van der Waals surface area contributed by atoms with Gasteiger partial charge in [-0.1, -0.05) is 30.3 Å². The van der Waals surface area contributed by atoms with Crippen LogP contribution >= 0.6 is 0 Å². The number of hydrogen-bond donors (Lipinski definition) is 2. The van der Waals surface area contributed by atoms with Crippen LogP contribution in [0.15, 0.2) is 78.9 Å². The highest BCUT2D eigenvalue weighted by molar-refractivity contribution is 5.59. The summed E-state index contributed by atoms with van der Waals surface area (Å²) in [6.45, 7) is 1.74. The van der Waals surface area contributed by atoms with Gasteiger partial charge in [0.05, 0.1) is 31.6 Å². The van der Waals surface area contributed by atoms with Crippen LogP contribution in [-0.2, 0) is 16.1 Å². The Bertz CT molecular complexity index is 1200. The molecule has 0 unspecified atom stereocenters. The lowest BCUT2D eigenvalue weighted by molar-refractivity contribution is 0.0348. The number of hydrogen-bond acceptors (Lipinski definition) is 7. The predicted octanol–water partition coefficient (Wildman–Crippen LogP) is 4.09. The summed E-state index contributed by atoms with van der Waals surface area (Å²) in [6, 6.07) is 23.6. The van der Waals surface area contributed by atoms with E-state index < -0.39 is 6.10 Å². The number of nitrogens with zero attached hydrogens (tertiary/aromatic N) is 3. The Labute approximate surface area is 209 Å². The molecule has 1 aromatic heterocycles. The standard InChI is InChI=1S/C27H29FN4O4/c1-34-15-16-36-27-30-26(21-7-9-22(28)10-8-21)32(31-27)24-13-11-23(12-14-24)29-17-25(33)19-35-18-20-5-3-2-4-6-20/h2-14,25,29,33H,15-19H2,1H3/t25-/m1/s1. The van der Waals surface area contributed by atoms with E-state index in [2.05, 4.69) is 15.4 Å². The number of nitrogens with one attached hydrogen (secondary N) is 1. The molecule has 0 amide bonds. The van der Waals surface area contributed by atoms with Crippen molar-refractivity contribution in [2.45, 2.75) is 12.7 Å². The molecule has 9 heteroatoms. The SMILES string of the molecule is COCCOc1nc(-c2ccc(F)cc2)n(-c2ccc(NC[C@@H](O)COCc3ccccc3)cc2)n1. The van der Waals surface area contributed by atoms with E-state index >= 15 is 0 Å². The number of aromatic nitrogens is 3. The average Bonchev–Trinajstić information content (AvgIpc) is 3.33. The van der Waals surface area contributed by atoms with Crippen LogP contribution in [0.5, 0.6) is 6.01 Å². The second-order valence-corrected chi connectivity index (χ2v) is 8.06. The number of benzene rings is 3. The molecule has 4 aromatic rings. The zero-order chi connectivity index (χ0) is 25.2. The normalized spacial score (nSPS) is 11.9. The van der Waals surface area contributed by atoms with Crippen LogP contribution in [-0.4, -0.2) is 59.5 Å². The molecule has 0 saturated carbocycles. The Balaban J connectivity index is 1.38. The van der Waals surface area contributed by atoms with Gasteiger partial charge in [-0.15, -0.1) is 5.10 Å². The molecule has 0 aliphatic heterocycles. The highest BCUT2D eigenvalue weighted by atomic mass is 19.1. The van der Waals surface area contributed by atoms with Crippen molar-refractivity contribution in [3.63, 3.8) is 0 Å². The van der Waals surface area contributed by atoms with E-state index in [-0.39, 0.29) is 18.4 Å². The van der Waals surface area contributed by atoms with Crippen molar-refractivity contribution in [1.82, 2.24) is 14.8 Å². The molecule has 2 N–H and O–H groups in total. The number of ether oxygens (including phenoxy) is 3. The smallest absolute Gasteiger partial charge is 0.336 e. The lowest BCUT2D eigenvalue weighted by Gasteiger charge is -2.14. The fourth-order valence-electron chi connectivity index (χ4n) is 3.44. The summed E-state index contributed by atoms with van der Waals surface area (Å²) in [5, 5.41) is 17.9. The second-order valence-electron chi connectivity index (χ2n) is 8.06. The molecule has 0 spiro atoms. The summed E-state index contributed by atoms with van der Waals surface area (Å²) >= 11 is 0. The lowest BCUT2D eigenvalue weighted by atomic mass is 10.2. The lowest BCUT2D eigenvalue weighted by Crippen LogP contribution is -2.24. The number of aliphatic hydroxyl groups is 1. The van der Waals surface area contributed by atoms with Gasteiger partial charge in [-0.25, -0.2) is 9.07 Å². The Morgan fingerprint density at radius 1 is 0.972 bits per heavy atom. The summed E-state index contributed by atoms with van der Waals surface area (Å²) in [5.74, 6) is 0.193. The van der Waals surface area contributed by atoms with Crippen LogP contribution in [0.1, 0.15) is 5.56 Å². The van der Waals surface area contributed by atoms with Crippen LogP contribution in [0.2, 0.25) is 0 Å². The van der Waals surface area contributed by atoms with Gasteiger partial charge in [-0.2, -0.15) is 4.98 Å². The quantitative estimate of drug-likeness (QED) is 0.272. The van der Waals surface area contributed by atoms with Crippen molar-refractivity contribution in [2.24, 2.45) is 0 Å². The minimum atomic E-state index is -0.652.